The predicted octanol–water partition coefficient (Wildman–Crippen LogP) is 4.00. The fourth-order valence-corrected chi connectivity index (χ4v) is 5.32. The zero-order chi connectivity index (χ0) is 21.6. The maximum atomic E-state index is 13.1. The van der Waals surface area contributed by atoms with Crippen LogP contribution in [0.2, 0.25) is 0 Å². The summed E-state index contributed by atoms with van der Waals surface area (Å²) in [7, 11) is -2.22. The van der Waals surface area contributed by atoms with Gasteiger partial charge in [-0.2, -0.15) is 4.31 Å². The summed E-state index contributed by atoms with van der Waals surface area (Å²) < 4.78 is 33.0. The van der Waals surface area contributed by atoms with Crippen molar-refractivity contribution in [1.29, 1.82) is 0 Å². The Morgan fingerprint density at radius 1 is 1.03 bits per heavy atom. The Morgan fingerprint density at radius 3 is 2.33 bits per heavy atom. The fraction of sp³-hybridized carbons (Fsp3) is 0.435. The van der Waals surface area contributed by atoms with E-state index in [4.69, 9.17) is 4.74 Å². The largest absolute Gasteiger partial charge is 0.495 e. The highest BCUT2D eigenvalue weighted by atomic mass is 32.2. The van der Waals surface area contributed by atoms with Gasteiger partial charge in [0.05, 0.1) is 7.11 Å². The zero-order valence-electron chi connectivity index (χ0n) is 17.7. The van der Waals surface area contributed by atoms with Crippen LogP contribution < -0.4 is 10.1 Å². The number of benzene rings is 2. The standard InChI is InChI=1S/C23H30N2O4S/c1-3-18-7-9-19(10-8-18)11-14-23(26)24-20-12-13-21(29-2)22(17-20)30(27,28)25-15-5-4-6-16-25/h7-10,12-13,17H,3-6,11,14-16H2,1-2H3,(H,24,26). The highest BCUT2D eigenvalue weighted by Crippen LogP contribution is 2.31. The molecule has 0 aliphatic carbocycles. The van der Waals surface area contributed by atoms with E-state index in [1.54, 1.807) is 12.1 Å². The second-order valence-corrected chi connectivity index (χ2v) is 9.45. The lowest BCUT2D eigenvalue weighted by molar-refractivity contribution is -0.116. The summed E-state index contributed by atoms with van der Waals surface area (Å²) in [6.45, 7) is 3.13. The topological polar surface area (TPSA) is 75.7 Å². The molecular weight excluding hydrogens is 400 g/mol. The van der Waals surface area contributed by atoms with E-state index in [1.807, 2.05) is 12.1 Å². The average molecular weight is 431 g/mol. The molecule has 1 saturated heterocycles. The van der Waals surface area contributed by atoms with E-state index < -0.39 is 10.0 Å². The third kappa shape index (κ3) is 5.40. The quantitative estimate of drug-likeness (QED) is 0.687. The average Bonchev–Trinajstić information content (AvgIpc) is 2.78. The smallest absolute Gasteiger partial charge is 0.246 e. The first kappa shape index (κ1) is 22.3. The highest BCUT2D eigenvalue weighted by Gasteiger charge is 2.29. The van der Waals surface area contributed by atoms with Crippen molar-refractivity contribution in [2.24, 2.45) is 0 Å². The molecule has 0 radical (unpaired) electrons. The molecule has 1 amide bonds. The molecule has 162 valence electrons. The predicted molar refractivity (Wildman–Crippen MR) is 118 cm³/mol. The van der Waals surface area contributed by atoms with Crippen LogP contribution in [0.5, 0.6) is 5.75 Å². The first-order valence-corrected chi connectivity index (χ1v) is 11.9. The number of anilines is 1. The van der Waals surface area contributed by atoms with Crippen LogP contribution in [0.4, 0.5) is 5.69 Å². The van der Waals surface area contributed by atoms with Gasteiger partial charge in [0.15, 0.2) is 0 Å². The summed E-state index contributed by atoms with van der Waals surface area (Å²) in [5.41, 5.74) is 2.83. The number of piperidine rings is 1. The molecule has 0 atom stereocenters. The van der Waals surface area contributed by atoms with Crippen LogP contribution in [0.3, 0.4) is 0 Å². The number of sulfonamides is 1. The Labute approximate surface area is 179 Å². The van der Waals surface area contributed by atoms with Gasteiger partial charge in [0, 0.05) is 25.2 Å². The lowest BCUT2D eigenvalue weighted by Gasteiger charge is -2.26. The third-order valence-electron chi connectivity index (χ3n) is 5.45. The number of nitrogens with one attached hydrogen (secondary N) is 1. The minimum atomic E-state index is -3.67. The number of ether oxygens (including phenoxy) is 1. The second kappa shape index (κ2) is 10.1. The molecule has 1 N–H and O–H groups in total. The van der Waals surface area contributed by atoms with Crippen molar-refractivity contribution < 1.29 is 17.9 Å². The summed E-state index contributed by atoms with van der Waals surface area (Å²) in [5.74, 6) is 0.135. The number of hydrogen-bond donors (Lipinski definition) is 1. The maximum absolute atomic E-state index is 13.1. The van der Waals surface area contributed by atoms with Crippen molar-refractivity contribution in [3.05, 3.63) is 53.6 Å². The van der Waals surface area contributed by atoms with E-state index in [2.05, 4.69) is 24.4 Å². The SMILES string of the molecule is CCc1ccc(CCC(=O)Nc2ccc(OC)c(S(=O)(=O)N3CCCCC3)c2)cc1. The first-order chi connectivity index (χ1) is 14.4. The van der Waals surface area contributed by atoms with Crippen LogP contribution in [-0.2, 0) is 27.7 Å². The lowest BCUT2D eigenvalue weighted by atomic mass is 10.1. The van der Waals surface area contributed by atoms with Gasteiger partial charge >= 0.3 is 0 Å². The number of methoxy groups -OCH3 is 1. The van der Waals surface area contributed by atoms with Crippen molar-refractivity contribution in [3.63, 3.8) is 0 Å². The van der Waals surface area contributed by atoms with Gasteiger partial charge < -0.3 is 10.1 Å². The van der Waals surface area contributed by atoms with Crippen molar-refractivity contribution in [3.8, 4) is 5.75 Å². The maximum Gasteiger partial charge on any atom is 0.246 e. The number of carbonyl (C=O) groups excluding carboxylic acids is 1. The van der Waals surface area contributed by atoms with Crippen molar-refractivity contribution in [2.45, 2.75) is 50.3 Å². The molecule has 2 aromatic rings. The van der Waals surface area contributed by atoms with E-state index >= 15 is 0 Å². The number of carbonyl (C=O) groups is 1. The monoisotopic (exact) mass is 430 g/mol. The van der Waals surface area contributed by atoms with Crippen LogP contribution in [0.25, 0.3) is 0 Å². The van der Waals surface area contributed by atoms with Gasteiger partial charge in [-0.25, -0.2) is 8.42 Å². The van der Waals surface area contributed by atoms with Crippen LogP contribution >= 0.6 is 0 Å². The number of hydrogen-bond acceptors (Lipinski definition) is 4. The van der Waals surface area contributed by atoms with E-state index in [1.165, 1.54) is 23.0 Å². The van der Waals surface area contributed by atoms with E-state index in [9.17, 15) is 13.2 Å². The summed E-state index contributed by atoms with van der Waals surface area (Å²) in [6, 6.07) is 13.0. The Balaban J connectivity index is 1.69. The Hall–Kier alpha value is -2.38. The summed E-state index contributed by atoms with van der Waals surface area (Å²) in [6.07, 6.45) is 4.70. The number of rotatable bonds is 8. The Kier molecular flexibility index (Phi) is 7.50. The Morgan fingerprint density at radius 2 is 1.70 bits per heavy atom. The minimum Gasteiger partial charge on any atom is -0.495 e. The van der Waals surface area contributed by atoms with Crippen molar-refractivity contribution in [1.82, 2.24) is 4.31 Å². The second-order valence-electron chi connectivity index (χ2n) is 7.55. The van der Waals surface area contributed by atoms with E-state index in [0.717, 1.165) is 31.2 Å². The van der Waals surface area contributed by atoms with Gasteiger partial charge in [-0.3, -0.25) is 4.79 Å². The van der Waals surface area contributed by atoms with Gasteiger partial charge in [-0.15, -0.1) is 0 Å². The van der Waals surface area contributed by atoms with Crippen molar-refractivity contribution in [2.75, 3.05) is 25.5 Å². The molecule has 0 spiro atoms. The van der Waals surface area contributed by atoms with Crippen LogP contribution in [0.15, 0.2) is 47.4 Å². The number of nitrogens with zero attached hydrogens (tertiary/aromatic N) is 1. The van der Waals surface area contributed by atoms with E-state index in [0.29, 0.717) is 31.6 Å². The van der Waals surface area contributed by atoms with Crippen LogP contribution in [0, 0.1) is 0 Å². The molecule has 2 aromatic carbocycles. The summed E-state index contributed by atoms with van der Waals surface area (Å²) in [4.78, 5) is 12.5. The molecule has 6 nitrogen and oxygen atoms in total. The molecular formula is C23H30N2O4S. The molecule has 0 bridgehead atoms. The molecule has 0 saturated carbocycles. The molecule has 1 fully saturated rings. The summed E-state index contributed by atoms with van der Waals surface area (Å²) in [5, 5.41) is 2.82. The minimum absolute atomic E-state index is 0.0971. The van der Waals surface area contributed by atoms with Gasteiger partial charge in [-0.05, 0) is 55.0 Å². The first-order valence-electron chi connectivity index (χ1n) is 10.5. The molecule has 1 aliphatic heterocycles. The fourth-order valence-electron chi connectivity index (χ4n) is 3.62. The highest BCUT2D eigenvalue weighted by molar-refractivity contribution is 7.89. The molecule has 1 heterocycles. The molecule has 1 aliphatic rings. The molecule has 0 unspecified atom stereocenters. The van der Waals surface area contributed by atoms with Gasteiger partial charge in [-0.1, -0.05) is 37.6 Å². The summed E-state index contributed by atoms with van der Waals surface area (Å²) >= 11 is 0. The molecule has 0 aromatic heterocycles. The number of aryl methyl sites for hydroxylation is 2. The normalized spacial score (nSPS) is 15.0. The van der Waals surface area contributed by atoms with Gasteiger partial charge in [0.25, 0.3) is 0 Å². The molecule has 7 heteroatoms. The molecule has 3 rings (SSSR count). The van der Waals surface area contributed by atoms with Crippen molar-refractivity contribution >= 4 is 21.6 Å². The van der Waals surface area contributed by atoms with Gasteiger partial charge in [0.2, 0.25) is 15.9 Å². The van der Waals surface area contributed by atoms with E-state index in [-0.39, 0.29) is 16.6 Å². The van der Waals surface area contributed by atoms with Gasteiger partial charge in [0.1, 0.15) is 10.6 Å². The number of amides is 1. The van der Waals surface area contributed by atoms with Crippen LogP contribution in [-0.4, -0.2) is 38.8 Å². The molecule has 30 heavy (non-hydrogen) atoms. The lowest BCUT2D eigenvalue weighted by Crippen LogP contribution is -2.35. The zero-order valence-corrected chi connectivity index (χ0v) is 18.5. The Bertz CT molecular complexity index is 965. The third-order valence-corrected chi connectivity index (χ3v) is 7.37. The van der Waals surface area contributed by atoms with Crippen LogP contribution in [0.1, 0.15) is 43.7 Å².